The van der Waals surface area contributed by atoms with Crippen LogP contribution in [0.25, 0.3) is 32.7 Å². The van der Waals surface area contributed by atoms with Crippen LogP contribution in [0.4, 0.5) is 0 Å². The lowest BCUT2D eigenvalue weighted by atomic mass is 9.95. The molecule has 0 saturated heterocycles. The summed E-state index contributed by atoms with van der Waals surface area (Å²) in [4.78, 5) is 4.15. The monoisotopic (exact) mass is 229 g/mol. The molecule has 82 valence electrons. The molecule has 2 radical (unpaired) electrons. The minimum absolute atomic E-state index is 0.715. The largest absolute Gasteiger partial charge is 0.456 e. The SMILES string of the molecule is [B]c1ccc2c(c1)oc1ccc3cnccc3c12. The van der Waals surface area contributed by atoms with Gasteiger partial charge in [-0.05, 0) is 29.7 Å². The molecule has 0 saturated carbocycles. The maximum absolute atomic E-state index is 5.84. The first-order valence-corrected chi connectivity index (χ1v) is 5.77. The van der Waals surface area contributed by atoms with E-state index in [0.29, 0.717) is 5.46 Å². The molecule has 0 aliphatic heterocycles. The van der Waals surface area contributed by atoms with Gasteiger partial charge in [-0.3, -0.25) is 4.98 Å². The van der Waals surface area contributed by atoms with Crippen molar-refractivity contribution in [1.82, 2.24) is 4.98 Å². The summed E-state index contributed by atoms with van der Waals surface area (Å²) in [7, 11) is 5.79. The molecule has 3 heteroatoms. The van der Waals surface area contributed by atoms with E-state index in [-0.39, 0.29) is 0 Å². The molecule has 0 spiro atoms. The summed E-state index contributed by atoms with van der Waals surface area (Å²) in [6, 6.07) is 11.8. The summed E-state index contributed by atoms with van der Waals surface area (Å²) in [5.41, 5.74) is 2.43. The Morgan fingerprint density at radius 1 is 0.944 bits per heavy atom. The molecule has 2 aromatic carbocycles. The molecule has 18 heavy (non-hydrogen) atoms. The van der Waals surface area contributed by atoms with E-state index in [1.54, 1.807) is 6.20 Å². The number of rotatable bonds is 0. The molecule has 0 unspecified atom stereocenters. The summed E-state index contributed by atoms with van der Waals surface area (Å²) in [6.45, 7) is 0. The lowest BCUT2D eigenvalue weighted by Gasteiger charge is -1.98. The van der Waals surface area contributed by atoms with Crippen molar-refractivity contribution in [1.29, 1.82) is 0 Å². The molecule has 4 rings (SSSR count). The third kappa shape index (κ3) is 1.22. The summed E-state index contributed by atoms with van der Waals surface area (Å²) >= 11 is 0. The van der Waals surface area contributed by atoms with Crippen molar-refractivity contribution in [2.24, 2.45) is 0 Å². The van der Waals surface area contributed by atoms with Gasteiger partial charge in [0.25, 0.3) is 0 Å². The van der Waals surface area contributed by atoms with Crippen molar-refractivity contribution in [3.8, 4) is 0 Å². The zero-order chi connectivity index (χ0) is 12.1. The van der Waals surface area contributed by atoms with Gasteiger partial charge in [-0.1, -0.05) is 17.6 Å². The second-order valence-electron chi connectivity index (χ2n) is 4.39. The summed E-state index contributed by atoms with van der Waals surface area (Å²) in [6.07, 6.45) is 3.67. The minimum atomic E-state index is 0.715. The third-order valence-corrected chi connectivity index (χ3v) is 3.28. The fourth-order valence-corrected chi connectivity index (χ4v) is 2.46. The van der Waals surface area contributed by atoms with Crippen LogP contribution in [0.2, 0.25) is 0 Å². The zero-order valence-corrected chi connectivity index (χ0v) is 9.55. The Bertz CT molecular complexity index is 895. The van der Waals surface area contributed by atoms with Crippen molar-refractivity contribution in [3.63, 3.8) is 0 Å². The third-order valence-electron chi connectivity index (χ3n) is 3.28. The fraction of sp³-hybridized carbons (Fsp3) is 0. The molecule has 0 bridgehead atoms. The van der Waals surface area contributed by atoms with Crippen LogP contribution in [0.3, 0.4) is 0 Å². The second kappa shape index (κ2) is 3.36. The summed E-state index contributed by atoms with van der Waals surface area (Å²) < 4.78 is 5.84. The van der Waals surface area contributed by atoms with Crippen molar-refractivity contribution in [2.75, 3.05) is 0 Å². The predicted molar refractivity (Wildman–Crippen MR) is 74.4 cm³/mol. The molecule has 2 heterocycles. The highest BCUT2D eigenvalue weighted by atomic mass is 16.3. The van der Waals surface area contributed by atoms with Gasteiger partial charge in [-0.15, -0.1) is 0 Å². The quantitative estimate of drug-likeness (QED) is 0.433. The number of aromatic nitrogens is 1. The topological polar surface area (TPSA) is 26.0 Å². The maximum atomic E-state index is 5.84. The summed E-state index contributed by atoms with van der Waals surface area (Å²) in [5.74, 6) is 0. The maximum Gasteiger partial charge on any atom is 0.136 e. The molecule has 0 atom stereocenters. The van der Waals surface area contributed by atoms with Gasteiger partial charge in [0.05, 0.1) is 0 Å². The Kier molecular flexibility index (Phi) is 1.81. The molecule has 0 aliphatic carbocycles. The highest BCUT2D eigenvalue weighted by Crippen LogP contribution is 2.33. The van der Waals surface area contributed by atoms with Crippen LogP contribution in [0.5, 0.6) is 0 Å². The number of pyridine rings is 1. The molecular formula is C15H8BNO. The molecule has 0 fully saturated rings. The van der Waals surface area contributed by atoms with Crippen LogP contribution in [0, 0.1) is 0 Å². The van der Waals surface area contributed by atoms with Gasteiger partial charge in [-0.2, -0.15) is 0 Å². The van der Waals surface area contributed by atoms with Crippen LogP contribution < -0.4 is 5.46 Å². The van der Waals surface area contributed by atoms with Gasteiger partial charge in [0.1, 0.15) is 19.0 Å². The number of nitrogens with zero attached hydrogens (tertiary/aromatic N) is 1. The van der Waals surface area contributed by atoms with Gasteiger partial charge in [0, 0.05) is 28.6 Å². The van der Waals surface area contributed by atoms with Crippen molar-refractivity contribution in [3.05, 3.63) is 48.8 Å². The van der Waals surface area contributed by atoms with E-state index in [4.69, 9.17) is 12.3 Å². The summed E-state index contributed by atoms with van der Waals surface area (Å²) in [5, 5.41) is 4.50. The number of hydrogen-bond acceptors (Lipinski definition) is 2. The molecule has 2 nitrogen and oxygen atoms in total. The van der Waals surface area contributed by atoms with E-state index in [1.807, 2.05) is 42.6 Å². The van der Waals surface area contributed by atoms with E-state index < -0.39 is 0 Å². The lowest BCUT2D eigenvalue weighted by Crippen LogP contribution is -1.98. The predicted octanol–water partition coefficient (Wildman–Crippen LogP) is 2.93. The molecule has 2 aromatic heterocycles. The average Bonchev–Trinajstić information content (AvgIpc) is 2.76. The first kappa shape index (κ1) is 9.72. The molecule has 4 aromatic rings. The molecular weight excluding hydrogens is 221 g/mol. The Balaban J connectivity index is 2.33. The average molecular weight is 229 g/mol. The van der Waals surface area contributed by atoms with Gasteiger partial charge in [0.2, 0.25) is 0 Å². The number of fused-ring (bicyclic) bond motifs is 5. The van der Waals surface area contributed by atoms with E-state index in [2.05, 4.69) is 4.98 Å². The van der Waals surface area contributed by atoms with Gasteiger partial charge in [0.15, 0.2) is 0 Å². The smallest absolute Gasteiger partial charge is 0.136 e. The van der Waals surface area contributed by atoms with Gasteiger partial charge < -0.3 is 4.42 Å². The van der Waals surface area contributed by atoms with Crippen molar-refractivity contribution >= 4 is 46.0 Å². The van der Waals surface area contributed by atoms with Crippen molar-refractivity contribution < 1.29 is 4.42 Å². The standard InChI is InChI=1S/C15H8BNO/c16-10-2-3-12-14(7-10)18-13-4-1-9-8-17-6-5-11(9)15(12)13/h1-8H. The second-order valence-corrected chi connectivity index (χ2v) is 4.39. The van der Waals surface area contributed by atoms with Crippen LogP contribution in [0.15, 0.2) is 53.2 Å². The van der Waals surface area contributed by atoms with Crippen LogP contribution in [-0.2, 0) is 0 Å². The number of benzene rings is 2. The normalized spacial score (nSPS) is 11.6. The lowest BCUT2D eigenvalue weighted by molar-refractivity contribution is 0.669. The Labute approximate surface area is 105 Å². The highest BCUT2D eigenvalue weighted by molar-refractivity contribution is 6.33. The molecule has 0 aliphatic rings. The van der Waals surface area contributed by atoms with E-state index >= 15 is 0 Å². The van der Waals surface area contributed by atoms with Crippen LogP contribution in [-0.4, -0.2) is 12.8 Å². The van der Waals surface area contributed by atoms with Gasteiger partial charge in [-0.25, -0.2) is 0 Å². The van der Waals surface area contributed by atoms with E-state index in [1.165, 1.54) is 0 Å². The van der Waals surface area contributed by atoms with E-state index in [9.17, 15) is 0 Å². The molecule has 0 N–H and O–H groups in total. The van der Waals surface area contributed by atoms with Gasteiger partial charge >= 0.3 is 0 Å². The first-order valence-electron chi connectivity index (χ1n) is 5.77. The van der Waals surface area contributed by atoms with Crippen LogP contribution >= 0.6 is 0 Å². The fourth-order valence-electron chi connectivity index (χ4n) is 2.46. The Morgan fingerprint density at radius 3 is 2.83 bits per heavy atom. The Hall–Kier alpha value is -2.29. The molecule has 0 amide bonds. The minimum Gasteiger partial charge on any atom is -0.456 e. The van der Waals surface area contributed by atoms with E-state index in [0.717, 1.165) is 32.7 Å². The van der Waals surface area contributed by atoms with Crippen molar-refractivity contribution in [2.45, 2.75) is 0 Å². The highest BCUT2D eigenvalue weighted by Gasteiger charge is 2.09. The Morgan fingerprint density at radius 2 is 1.89 bits per heavy atom. The number of furan rings is 1. The number of hydrogen-bond donors (Lipinski definition) is 0. The van der Waals surface area contributed by atoms with Crippen LogP contribution in [0.1, 0.15) is 0 Å². The first-order chi connectivity index (χ1) is 8.83. The zero-order valence-electron chi connectivity index (χ0n) is 9.55.